The van der Waals surface area contributed by atoms with Gasteiger partial charge in [-0.15, -0.1) is 0 Å². The predicted molar refractivity (Wildman–Crippen MR) is 82.1 cm³/mol. The number of rotatable bonds is 5. The maximum atomic E-state index is 12.6. The van der Waals surface area contributed by atoms with Crippen molar-refractivity contribution < 1.29 is 9.90 Å². The van der Waals surface area contributed by atoms with Crippen LogP contribution in [0.2, 0.25) is 0 Å². The Labute approximate surface area is 126 Å². The minimum atomic E-state index is -0.349. The van der Waals surface area contributed by atoms with Gasteiger partial charge in [-0.3, -0.25) is 9.48 Å². The van der Waals surface area contributed by atoms with E-state index < -0.39 is 0 Å². The third-order valence-electron chi connectivity index (χ3n) is 4.45. The summed E-state index contributed by atoms with van der Waals surface area (Å²) in [5.74, 6) is 0.870. The fourth-order valence-corrected chi connectivity index (χ4v) is 2.80. The van der Waals surface area contributed by atoms with Crippen LogP contribution in [0.5, 0.6) is 0 Å². The summed E-state index contributed by atoms with van der Waals surface area (Å²) in [6.45, 7) is 10.4. The lowest BCUT2D eigenvalue weighted by Gasteiger charge is -2.17. The number of aromatic nitrogens is 2. The Morgan fingerprint density at radius 1 is 1.48 bits per heavy atom. The number of aliphatic hydroxyl groups is 1. The normalized spacial score (nSPS) is 20.3. The maximum absolute atomic E-state index is 12.6. The lowest BCUT2D eigenvalue weighted by Crippen LogP contribution is -2.30. The zero-order chi connectivity index (χ0) is 15.6. The van der Waals surface area contributed by atoms with Crippen LogP contribution in [0.4, 0.5) is 0 Å². The summed E-state index contributed by atoms with van der Waals surface area (Å²) in [7, 11) is 0. The zero-order valence-electron chi connectivity index (χ0n) is 13.5. The van der Waals surface area contributed by atoms with E-state index in [-0.39, 0.29) is 17.9 Å². The largest absolute Gasteiger partial charge is 0.393 e. The van der Waals surface area contributed by atoms with Gasteiger partial charge in [0.1, 0.15) is 0 Å². The van der Waals surface area contributed by atoms with Crippen LogP contribution in [-0.4, -0.2) is 44.9 Å². The van der Waals surface area contributed by atoms with Crippen molar-refractivity contribution in [3.63, 3.8) is 0 Å². The summed E-state index contributed by atoms with van der Waals surface area (Å²) in [4.78, 5) is 14.4. The van der Waals surface area contributed by atoms with E-state index in [4.69, 9.17) is 0 Å². The molecule has 0 aliphatic carbocycles. The number of hydrogen-bond acceptors (Lipinski definition) is 3. The van der Waals surface area contributed by atoms with Crippen LogP contribution < -0.4 is 0 Å². The smallest absolute Gasteiger partial charge is 0.257 e. The molecule has 0 bridgehead atoms. The highest BCUT2D eigenvalue weighted by atomic mass is 16.3. The fourth-order valence-electron chi connectivity index (χ4n) is 2.80. The molecule has 1 aromatic heterocycles. The average Bonchev–Trinajstić information content (AvgIpc) is 3.03. The number of likely N-dealkylation sites (tertiary alicyclic amines) is 1. The first-order valence-corrected chi connectivity index (χ1v) is 7.90. The molecule has 1 fully saturated rings. The maximum Gasteiger partial charge on any atom is 0.257 e. The van der Waals surface area contributed by atoms with Gasteiger partial charge in [0.25, 0.3) is 5.91 Å². The molecule has 1 aliphatic heterocycles. The van der Waals surface area contributed by atoms with Crippen LogP contribution in [-0.2, 0) is 6.54 Å². The summed E-state index contributed by atoms with van der Waals surface area (Å²) >= 11 is 0. The van der Waals surface area contributed by atoms with Gasteiger partial charge in [-0.05, 0) is 32.6 Å². The first-order valence-electron chi connectivity index (χ1n) is 7.90. The lowest BCUT2D eigenvalue weighted by atomic mass is 10.0. The van der Waals surface area contributed by atoms with Crippen LogP contribution in [0.15, 0.2) is 6.20 Å². The zero-order valence-corrected chi connectivity index (χ0v) is 13.5. The van der Waals surface area contributed by atoms with Crippen molar-refractivity contribution in [1.82, 2.24) is 14.7 Å². The summed E-state index contributed by atoms with van der Waals surface area (Å²) in [5.41, 5.74) is 1.64. The molecule has 2 unspecified atom stereocenters. The second-order valence-corrected chi connectivity index (χ2v) is 6.59. The van der Waals surface area contributed by atoms with E-state index in [1.807, 2.05) is 16.5 Å². The van der Waals surface area contributed by atoms with E-state index in [9.17, 15) is 9.90 Å². The molecule has 2 rings (SSSR count). The molecule has 0 spiro atoms. The van der Waals surface area contributed by atoms with E-state index in [1.165, 1.54) is 0 Å². The molecule has 2 atom stereocenters. The van der Waals surface area contributed by atoms with E-state index in [1.54, 1.807) is 13.1 Å². The molecule has 1 aliphatic rings. The fraction of sp³-hybridized carbons (Fsp3) is 0.750. The molecule has 2 heterocycles. The minimum Gasteiger partial charge on any atom is -0.393 e. The van der Waals surface area contributed by atoms with Gasteiger partial charge in [-0.2, -0.15) is 5.10 Å². The highest BCUT2D eigenvalue weighted by molar-refractivity contribution is 5.95. The van der Waals surface area contributed by atoms with E-state index in [2.05, 4.69) is 18.9 Å². The second kappa shape index (κ2) is 6.60. The standard InChI is InChI=1S/C16H27N3O2/c1-11(2)5-8-19-12(3)15(9-17-19)16(21)18-7-6-14(10-18)13(4)20/h9,11,13-14,20H,5-8,10H2,1-4H3. The molecule has 1 saturated heterocycles. The first kappa shape index (κ1) is 16.0. The molecule has 21 heavy (non-hydrogen) atoms. The van der Waals surface area contributed by atoms with Crippen molar-refractivity contribution in [3.8, 4) is 0 Å². The number of nitrogens with zero attached hydrogens (tertiary/aromatic N) is 3. The van der Waals surface area contributed by atoms with Gasteiger partial charge in [0.15, 0.2) is 0 Å². The number of amides is 1. The van der Waals surface area contributed by atoms with Crippen molar-refractivity contribution in [2.75, 3.05) is 13.1 Å². The van der Waals surface area contributed by atoms with E-state index in [0.717, 1.165) is 31.6 Å². The average molecular weight is 293 g/mol. The Morgan fingerprint density at radius 3 is 2.76 bits per heavy atom. The van der Waals surface area contributed by atoms with Gasteiger partial charge < -0.3 is 10.0 Å². The SMILES string of the molecule is Cc1c(C(=O)N2CCC(C(C)O)C2)cnn1CCC(C)C. The summed E-state index contributed by atoms with van der Waals surface area (Å²) in [6.07, 6.45) is 3.28. The van der Waals surface area contributed by atoms with Gasteiger partial charge in [0, 0.05) is 31.2 Å². The van der Waals surface area contributed by atoms with Crippen molar-refractivity contribution in [2.45, 2.75) is 53.2 Å². The Balaban J connectivity index is 2.03. The van der Waals surface area contributed by atoms with Crippen LogP contribution in [0.1, 0.15) is 49.7 Å². The number of hydrogen-bond donors (Lipinski definition) is 1. The number of carbonyl (C=O) groups is 1. The third kappa shape index (κ3) is 3.64. The molecule has 0 saturated carbocycles. The molecular formula is C16H27N3O2. The van der Waals surface area contributed by atoms with Crippen molar-refractivity contribution >= 4 is 5.91 Å². The van der Waals surface area contributed by atoms with Gasteiger partial charge >= 0.3 is 0 Å². The van der Waals surface area contributed by atoms with Crippen molar-refractivity contribution in [2.24, 2.45) is 11.8 Å². The topological polar surface area (TPSA) is 58.4 Å². The molecule has 0 aromatic carbocycles. The van der Waals surface area contributed by atoms with Gasteiger partial charge in [0.05, 0.1) is 17.9 Å². The quantitative estimate of drug-likeness (QED) is 0.904. The van der Waals surface area contributed by atoms with Gasteiger partial charge in [-0.1, -0.05) is 13.8 Å². The van der Waals surface area contributed by atoms with Gasteiger partial charge in [0.2, 0.25) is 0 Å². The van der Waals surface area contributed by atoms with E-state index in [0.29, 0.717) is 18.0 Å². The first-order chi connectivity index (χ1) is 9.90. The second-order valence-electron chi connectivity index (χ2n) is 6.59. The van der Waals surface area contributed by atoms with Crippen LogP contribution >= 0.6 is 0 Å². The minimum absolute atomic E-state index is 0.0476. The molecular weight excluding hydrogens is 266 g/mol. The Kier molecular flexibility index (Phi) is 5.04. The third-order valence-corrected chi connectivity index (χ3v) is 4.45. The molecule has 5 nitrogen and oxygen atoms in total. The molecule has 0 radical (unpaired) electrons. The highest BCUT2D eigenvalue weighted by Gasteiger charge is 2.30. The number of carbonyl (C=O) groups excluding carboxylic acids is 1. The number of aryl methyl sites for hydroxylation is 1. The number of aliphatic hydroxyl groups excluding tert-OH is 1. The van der Waals surface area contributed by atoms with Crippen molar-refractivity contribution in [1.29, 1.82) is 0 Å². The molecule has 118 valence electrons. The summed E-state index contributed by atoms with van der Waals surface area (Å²) in [6, 6.07) is 0. The molecule has 1 amide bonds. The summed E-state index contributed by atoms with van der Waals surface area (Å²) in [5, 5.41) is 14.0. The molecule has 5 heteroatoms. The highest BCUT2D eigenvalue weighted by Crippen LogP contribution is 2.22. The van der Waals surface area contributed by atoms with Crippen LogP contribution in [0, 0.1) is 18.8 Å². The molecule has 1 N–H and O–H groups in total. The Bertz CT molecular complexity index is 494. The summed E-state index contributed by atoms with van der Waals surface area (Å²) < 4.78 is 1.93. The Morgan fingerprint density at radius 2 is 2.19 bits per heavy atom. The predicted octanol–water partition coefficient (Wildman–Crippen LogP) is 2.08. The molecule has 1 aromatic rings. The van der Waals surface area contributed by atoms with Gasteiger partial charge in [-0.25, -0.2) is 0 Å². The van der Waals surface area contributed by atoms with Crippen LogP contribution in [0.3, 0.4) is 0 Å². The van der Waals surface area contributed by atoms with Crippen LogP contribution in [0.25, 0.3) is 0 Å². The lowest BCUT2D eigenvalue weighted by molar-refractivity contribution is 0.0761. The monoisotopic (exact) mass is 293 g/mol. The van der Waals surface area contributed by atoms with Crippen molar-refractivity contribution in [3.05, 3.63) is 17.5 Å². The van der Waals surface area contributed by atoms with E-state index >= 15 is 0 Å². The Hall–Kier alpha value is -1.36.